The number of fused-ring (bicyclic) bond motifs is 1. The van der Waals surface area contributed by atoms with E-state index in [2.05, 4.69) is 5.32 Å². The molecule has 7 nitrogen and oxygen atoms in total. The molecule has 0 aliphatic carbocycles. The lowest BCUT2D eigenvalue weighted by molar-refractivity contribution is -0.116. The summed E-state index contributed by atoms with van der Waals surface area (Å²) in [5.41, 5.74) is 2.09. The zero-order valence-corrected chi connectivity index (χ0v) is 17.7. The highest BCUT2D eigenvalue weighted by Crippen LogP contribution is 2.32. The van der Waals surface area contributed by atoms with E-state index in [0.29, 0.717) is 42.3 Å². The van der Waals surface area contributed by atoms with Gasteiger partial charge in [0.2, 0.25) is 22.7 Å². The molecule has 0 saturated heterocycles. The Morgan fingerprint density at radius 1 is 1.07 bits per heavy atom. The summed E-state index contributed by atoms with van der Waals surface area (Å²) in [6.45, 7) is 6.36. The molecule has 1 amide bonds. The van der Waals surface area contributed by atoms with E-state index in [0.717, 1.165) is 5.56 Å². The van der Waals surface area contributed by atoms with Crippen LogP contribution in [0.1, 0.15) is 31.4 Å². The van der Waals surface area contributed by atoms with Crippen LogP contribution >= 0.6 is 0 Å². The number of carbonyl (C=O) groups is 1. The molecule has 1 N–H and O–H groups in total. The molecule has 0 radical (unpaired) electrons. The van der Waals surface area contributed by atoms with Crippen molar-refractivity contribution >= 4 is 21.6 Å². The number of nitrogens with one attached hydrogen (secondary N) is 1. The molecule has 0 aromatic heterocycles. The van der Waals surface area contributed by atoms with Gasteiger partial charge in [0.15, 0.2) is 11.5 Å². The monoisotopic (exact) mass is 418 g/mol. The molecule has 1 heterocycles. The predicted molar refractivity (Wildman–Crippen MR) is 111 cm³/mol. The number of rotatable bonds is 8. The Balaban J connectivity index is 1.68. The summed E-state index contributed by atoms with van der Waals surface area (Å²) in [5.74, 6) is 1.21. The summed E-state index contributed by atoms with van der Waals surface area (Å²) in [5, 5.41) is 2.80. The molecule has 0 saturated carbocycles. The minimum Gasteiger partial charge on any atom is -0.454 e. The Kier molecular flexibility index (Phi) is 6.44. The van der Waals surface area contributed by atoms with Gasteiger partial charge in [-0.15, -0.1) is 0 Å². The highest BCUT2D eigenvalue weighted by molar-refractivity contribution is 7.89. The van der Waals surface area contributed by atoms with Gasteiger partial charge >= 0.3 is 0 Å². The minimum absolute atomic E-state index is 0.183. The van der Waals surface area contributed by atoms with E-state index in [1.54, 1.807) is 32.9 Å². The SMILES string of the molecule is CCN(CC)S(=O)(=O)c1cc(NC(=O)CCc2ccc3c(c2)OCO3)ccc1C. The maximum absolute atomic E-state index is 12.8. The number of anilines is 1. The van der Waals surface area contributed by atoms with Gasteiger partial charge in [-0.05, 0) is 48.7 Å². The lowest BCUT2D eigenvalue weighted by Crippen LogP contribution is -2.31. The number of benzene rings is 2. The van der Waals surface area contributed by atoms with Gasteiger partial charge in [-0.25, -0.2) is 8.42 Å². The average molecular weight is 419 g/mol. The number of aryl methyl sites for hydroxylation is 2. The first-order valence-electron chi connectivity index (χ1n) is 9.64. The van der Waals surface area contributed by atoms with Crippen molar-refractivity contribution in [3.8, 4) is 11.5 Å². The van der Waals surface area contributed by atoms with Crippen molar-refractivity contribution < 1.29 is 22.7 Å². The van der Waals surface area contributed by atoms with E-state index in [4.69, 9.17) is 9.47 Å². The predicted octanol–water partition coefficient (Wildman–Crippen LogP) is 3.33. The Labute approximate surface area is 171 Å². The van der Waals surface area contributed by atoms with Crippen molar-refractivity contribution in [2.45, 2.75) is 38.5 Å². The first-order chi connectivity index (χ1) is 13.8. The molecule has 8 heteroatoms. The normalized spacial score (nSPS) is 13.0. The van der Waals surface area contributed by atoms with Gasteiger partial charge in [0.25, 0.3) is 0 Å². The topological polar surface area (TPSA) is 84.9 Å². The Morgan fingerprint density at radius 3 is 2.52 bits per heavy atom. The van der Waals surface area contributed by atoms with Crippen LogP contribution in [0, 0.1) is 6.92 Å². The van der Waals surface area contributed by atoms with Crippen LogP contribution in [-0.2, 0) is 21.2 Å². The molecule has 156 valence electrons. The number of amides is 1. The second-order valence-corrected chi connectivity index (χ2v) is 8.71. The first kappa shape index (κ1) is 21.1. The molecule has 0 spiro atoms. The molecule has 1 aliphatic heterocycles. The van der Waals surface area contributed by atoms with Crippen LogP contribution in [0.3, 0.4) is 0 Å². The molecule has 0 unspecified atom stereocenters. The summed E-state index contributed by atoms with van der Waals surface area (Å²) in [7, 11) is -3.60. The van der Waals surface area contributed by atoms with E-state index in [-0.39, 0.29) is 24.0 Å². The maximum Gasteiger partial charge on any atom is 0.243 e. The first-order valence-corrected chi connectivity index (χ1v) is 11.1. The molecular weight excluding hydrogens is 392 g/mol. The van der Waals surface area contributed by atoms with Gasteiger partial charge in [0.1, 0.15) is 0 Å². The number of carbonyl (C=O) groups excluding carboxylic acids is 1. The molecule has 2 aromatic carbocycles. The van der Waals surface area contributed by atoms with E-state index < -0.39 is 10.0 Å². The van der Waals surface area contributed by atoms with Crippen molar-refractivity contribution in [1.82, 2.24) is 4.31 Å². The molecular formula is C21H26N2O5S. The number of hydrogen-bond donors (Lipinski definition) is 1. The number of sulfonamides is 1. The van der Waals surface area contributed by atoms with Crippen molar-refractivity contribution in [1.29, 1.82) is 0 Å². The zero-order valence-electron chi connectivity index (χ0n) is 16.9. The van der Waals surface area contributed by atoms with E-state index in [1.165, 1.54) is 10.4 Å². The van der Waals surface area contributed by atoms with Crippen LogP contribution in [0.4, 0.5) is 5.69 Å². The van der Waals surface area contributed by atoms with Gasteiger partial charge in [-0.1, -0.05) is 26.0 Å². The molecule has 0 fully saturated rings. The number of ether oxygens (including phenoxy) is 2. The third-order valence-corrected chi connectivity index (χ3v) is 7.06. The van der Waals surface area contributed by atoms with Crippen LogP contribution in [0.25, 0.3) is 0 Å². The van der Waals surface area contributed by atoms with Gasteiger partial charge in [-0.2, -0.15) is 4.31 Å². The quantitative estimate of drug-likeness (QED) is 0.711. The second-order valence-electron chi connectivity index (χ2n) is 6.81. The van der Waals surface area contributed by atoms with Gasteiger partial charge in [0, 0.05) is 25.2 Å². The third kappa shape index (κ3) is 4.71. The molecule has 1 aliphatic rings. The highest BCUT2D eigenvalue weighted by Gasteiger charge is 2.24. The molecule has 29 heavy (non-hydrogen) atoms. The standard InChI is InChI=1S/C21H26N2O5S/c1-4-23(5-2)29(25,26)20-13-17(9-6-15(20)3)22-21(24)11-8-16-7-10-18-19(12-16)28-14-27-18/h6-7,9-10,12-13H,4-5,8,11,14H2,1-3H3,(H,22,24). The van der Waals surface area contributed by atoms with Crippen LogP contribution in [0.15, 0.2) is 41.3 Å². The number of hydrogen-bond acceptors (Lipinski definition) is 5. The van der Waals surface area contributed by atoms with Crippen molar-refractivity contribution in [3.05, 3.63) is 47.5 Å². The summed E-state index contributed by atoms with van der Waals surface area (Å²) in [6.07, 6.45) is 0.810. The maximum atomic E-state index is 12.8. The van der Waals surface area contributed by atoms with E-state index in [1.807, 2.05) is 18.2 Å². The third-order valence-electron chi connectivity index (χ3n) is 4.87. The largest absolute Gasteiger partial charge is 0.454 e. The van der Waals surface area contributed by atoms with Crippen LogP contribution in [-0.4, -0.2) is 38.5 Å². The fourth-order valence-corrected chi connectivity index (χ4v) is 4.95. The number of nitrogens with zero attached hydrogens (tertiary/aromatic N) is 1. The summed E-state index contributed by atoms with van der Waals surface area (Å²) in [6, 6.07) is 10.6. The molecule has 3 rings (SSSR count). The Hall–Kier alpha value is -2.58. The highest BCUT2D eigenvalue weighted by atomic mass is 32.2. The fraction of sp³-hybridized carbons (Fsp3) is 0.381. The molecule has 0 atom stereocenters. The van der Waals surface area contributed by atoms with Gasteiger partial charge in [-0.3, -0.25) is 4.79 Å². The van der Waals surface area contributed by atoms with Crippen molar-refractivity contribution in [3.63, 3.8) is 0 Å². The van der Waals surface area contributed by atoms with Gasteiger partial charge in [0.05, 0.1) is 4.90 Å². The molecule has 2 aromatic rings. The fourth-order valence-electron chi connectivity index (χ4n) is 3.24. The minimum atomic E-state index is -3.60. The van der Waals surface area contributed by atoms with Crippen LogP contribution in [0.5, 0.6) is 11.5 Å². The lowest BCUT2D eigenvalue weighted by Gasteiger charge is -2.20. The summed E-state index contributed by atoms with van der Waals surface area (Å²) < 4.78 is 37.7. The van der Waals surface area contributed by atoms with Gasteiger partial charge < -0.3 is 14.8 Å². The van der Waals surface area contributed by atoms with Crippen LogP contribution in [0.2, 0.25) is 0 Å². The lowest BCUT2D eigenvalue weighted by atomic mass is 10.1. The summed E-state index contributed by atoms with van der Waals surface area (Å²) in [4.78, 5) is 12.6. The van der Waals surface area contributed by atoms with Crippen molar-refractivity contribution in [2.24, 2.45) is 0 Å². The second kappa shape index (κ2) is 8.84. The van der Waals surface area contributed by atoms with Crippen LogP contribution < -0.4 is 14.8 Å². The Morgan fingerprint density at radius 2 is 1.79 bits per heavy atom. The molecule has 0 bridgehead atoms. The zero-order chi connectivity index (χ0) is 21.0. The van der Waals surface area contributed by atoms with E-state index >= 15 is 0 Å². The Bertz CT molecular complexity index is 1000. The summed E-state index contributed by atoms with van der Waals surface area (Å²) >= 11 is 0. The average Bonchev–Trinajstić information content (AvgIpc) is 3.16. The smallest absolute Gasteiger partial charge is 0.243 e. The van der Waals surface area contributed by atoms with E-state index in [9.17, 15) is 13.2 Å². The van der Waals surface area contributed by atoms with Crippen molar-refractivity contribution in [2.75, 3.05) is 25.2 Å².